The fourth-order valence-electron chi connectivity index (χ4n) is 4.82. The molecule has 8 heteroatoms. The molecule has 0 bridgehead atoms. The van der Waals surface area contributed by atoms with Crippen LogP contribution in [-0.2, 0) is 25.6 Å². The molecule has 0 unspecified atom stereocenters. The lowest BCUT2D eigenvalue weighted by molar-refractivity contribution is -0.138. The molecule has 0 heterocycles. The van der Waals surface area contributed by atoms with E-state index in [0.717, 1.165) is 34.4 Å². The Labute approximate surface area is 239 Å². The maximum atomic E-state index is 13.6. The highest BCUT2D eigenvalue weighted by atomic mass is 19.4. The van der Waals surface area contributed by atoms with Crippen LogP contribution in [0.15, 0.2) is 72.8 Å². The highest BCUT2D eigenvalue weighted by Crippen LogP contribution is 2.36. The fraction of sp³-hybridized carbons (Fsp3) is 0.176. The number of rotatable bonds is 7. The van der Waals surface area contributed by atoms with Crippen LogP contribution >= 0.6 is 0 Å². The van der Waals surface area contributed by atoms with Crippen LogP contribution in [0.3, 0.4) is 0 Å². The van der Waals surface area contributed by atoms with E-state index in [1.165, 1.54) is 36.4 Å². The SMILES string of the molecule is Cc1c(/C=C/c2cc(CO)ccc2C(F)(F)F)cccc1-c1cccc(/C=C/c2cc(CO)ccc2C(F)(F)F)c1C. The van der Waals surface area contributed by atoms with E-state index in [1.807, 2.05) is 26.0 Å². The van der Waals surface area contributed by atoms with Gasteiger partial charge in [0.2, 0.25) is 0 Å². The van der Waals surface area contributed by atoms with Gasteiger partial charge < -0.3 is 10.2 Å². The van der Waals surface area contributed by atoms with Gasteiger partial charge in [-0.1, -0.05) is 72.8 Å². The second-order valence-corrected chi connectivity index (χ2v) is 9.86. The van der Waals surface area contributed by atoms with Crippen molar-refractivity contribution in [2.24, 2.45) is 0 Å². The quantitative estimate of drug-likeness (QED) is 0.168. The lowest BCUT2D eigenvalue weighted by Crippen LogP contribution is -2.07. The predicted octanol–water partition coefficient (Wildman–Crippen LogP) is 9.33. The predicted molar refractivity (Wildman–Crippen MR) is 154 cm³/mol. The molecule has 4 rings (SSSR count). The first-order chi connectivity index (χ1) is 19.8. The smallest absolute Gasteiger partial charge is 0.392 e. The Kier molecular flexibility index (Phi) is 9.09. The maximum absolute atomic E-state index is 13.6. The topological polar surface area (TPSA) is 40.5 Å². The summed E-state index contributed by atoms with van der Waals surface area (Å²) < 4.78 is 81.5. The van der Waals surface area contributed by atoms with Crippen LogP contribution in [0.2, 0.25) is 0 Å². The van der Waals surface area contributed by atoms with E-state index in [2.05, 4.69) is 0 Å². The number of aliphatic hydroxyl groups excluding tert-OH is 2. The molecule has 42 heavy (non-hydrogen) atoms. The average molecular weight is 583 g/mol. The highest BCUT2D eigenvalue weighted by Gasteiger charge is 2.33. The highest BCUT2D eigenvalue weighted by molar-refractivity contribution is 5.82. The van der Waals surface area contributed by atoms with Gasteiger partial charge in [0.05, 0.1) is 24.3 Å². The molecule has 0 radical (unpaired) electrons. The molecule has 0 amide bonds. The van der Waals surface area contributed by atoms with Crippen LogP contribution in [0.4, 0.5) is 26.3 Å². The number of alkyl halides is 6. The number of aliphatic hydroxyl groups is 2. The molecule has 0 atom stereocenters. The van der Waals surface area contributed by atoms with Crippen LogP contribution in [0.5, 0.6) is 0 Å². The molecule has 0 fully saturated rings. The third kappa shape index (κ3) is 6.83. The first-order valence-corrected chi connectivity index (χ1v) is 13.0. The zero-order chi connectivity index (χ0) is 30.7. The maximum Gasteiger partial charge on any atom is 0.416 e. The van der Waals surface area contributed by atoms with E-state index >= 15 is 0 Å². The number of benzene rings is 4. The van der Waals surface area contributed by atoms with E-state index in [1.54, 1.807) is 36.4 Å². The van der Waals surface area contributed by atoms with Crippen LogP contribution < -0.4 is 0 Å². The molecule has 4 aromatic carbocycles. The summed E-state index contributed by atoms with van der Waals surface area (Å²) in [5.74, 6) is 0. The van der Waals surface area contributed by atoms with Crippen LogP contribution in [0.25, 0.3) is 35.4 Å². The Hall–Kier alpha value is -4.14. The van der Waals surface area contributed by atoms with E-state index in [9.17, 15) is 36.6 Å². The Balaban J connectivity index is 1.72. The molecule has 0 aliphatic heterocycles. The lowest BCUT2D eigenvalue weighted by Gasteiger charge is -2.15. The largest absolute Gasteiger partial charge is 0.416 e. The van der Waals surface area contributed by atoms with Crippen molar-refractivity contribution in [2.75, 3.05) is 0 Å². The molecule has 4 aromatic rings. The fourth-order valence-corrected chi connectivity index (χ4v) is 4.82. The molecule has 0 spiro atoms. The Morgan fingerprint density at radius 3 is 1.21 bits per heavy atom. The zero-order valence-electron chi connectivity index (χ0n) is 22.8. The Bertz CT molecular complexity index is 1520. The van der Waals surface area contributed by atoms with Crippen LogP contribution in [0, 0.1) is 13.8 Å². The van der Waals surface area contributed by atoms with E-state index in [0.29, 0.717) is 22.3 Å². The second kappa shape index (κ2) is 12.4. The zero-order valence-corrected chi connectivity index (χ0v) is 22.8. The summed E-state index contributed by atoms with van der Waals surface area (Å²) in [4.78, 5) is 0. The van der Waals surface area contributed by atoms with E-state index in [-0.39, 0.29) is 24.3 Å². The first-order valence-electron chi connectivity index (χ1n) is 13.0. The Morgan fingerprint density at radius 1 is 0.524 bits per heavy atom. The number of halogens is 6. The third-order valence-electron chi connectivity index (χ3n) is 7.13. The van der Waals surface area contributed by atoms with E-state index < -0.39 is 23.5 Å². The third-order valence-corrected chi connectivity index (χ3v) is 7.13. The standard InChI is InChI=1S/C34H28F6O2/c1-21-25(11-13-27-17-23(19-41)9-15-31(27)33(35,36)37)5-3-7-29(21)30-8-4-6-26(22(30)2)12-14-28-18-24(20-42)10-16-32(28)34(38,39)40/h3-18,41-42H,19-20H2,1-2H3/b13-11+,14-12+. The van der Waals surface area contributed by atoms with Gasteiger partial charge in [-0.25, -0.2) is 0 Å². The number of hydrogen-bond donors (Lipinski definition) is 2. The van der Waals surface area contributed by atoms with Crippen molar-refractivity contribution in [2.45, 2.75) is 39.4 Å². The summed E-state index contributed by atoms with van der Waals surface area (Å²) in [6, 6.07) is 17.9. The molecule has 2 N–H and O–H groups in total. The van der Waals surface area contributed by atoms with Crippen molar-refractivity contribution in [1.82, 2.24) is 0 Å². The minimum absolute atomic E-state index is 0.0642. The van der Waals surface area contributed by atoms with Gasteiger partial charge in [0.1, 0.15) is 0 Å². The Morgan fingerprint density at radius 2 is 0.881 bits per heavy atom. The van der Waals surface area contributed by atoms with Gasteiger partial charge >= 0.3 is 12.4 Å². The van der Waals surface area contributed by atoms with Crippen LogP contribution in [0.1, 0.15) is 55.6 Å². The van der Waals surface area contributed by atoms with Gasteiger partial charge in [-0.05, 0) is 93.7 Å². The van der Waals surface area contributed by atoms with Crippen molar-refractivity contribution in [3.63, 3.8) is 0 Å². The van der Waals surface area contributed by atoms with Crippen molar-refractivity contribution in [3.8, 4) is 11.1 Å². The normalized spacial score (nSPS) is 12.5. The summed E-state index contributed by atoms with van der Waals surface area (Å²) in [6.45, 7) is 2.92. The molecule has 0 aromatic heterocycles. The molecule has 218 valence electrons. The van der Waals surface area contributed by atoms with Crippen molar-refractivity contribution in [3.05, 3.63) is 128 Å². The summed E-state index contributed by atoms with van der Waals surface area (Å²) in [5, 5.41) is 18.8. The summed E-state index contributed by atoms with van der Waals surface area (Å²) >= 11 is 0. The first kappa shape index (κ1) is 30.8. The monoisotopic (exact) mass is 582 g/mol. The molecule has 2 nitrogen and oxygen atoms in total. The molecule has 0 aliphatic carbocycles. The van der Waals surface area contributed by atoms with Crippen molar-refractivity contribution >= 4 is 24.3 Å². The van der Waals surface area contributed by atoms with Gasteiger partial charge in [-0.2, -0.15) is 26.3 Å². The van der Waals surface area contributed by atoms with Gasteiger partial charge in [0.15, 0.2) is 0 Å². The van der Waals surface area contributed by atoms with Gasteiger partial charge in [-0.15, -0.1) is 0 Å². The number of hydrogen-bond acceptors (Lipinski definition) is 2. The molecular weight excluding hydrogens is 554 g/mol. The molecule has 0 saturated carbocycles. The van der Waals surface area contributed by atoms with Gasteiger partial charge in [0.25, 0.3) is 0 Å². The minimum atomic E-state index is -4.56. The lowest BCUT2D eigenvalue weighted by atomic mass is 9.90. The van der Waals surface area contributed by atoms with E-state index in [4.69, 9.17) is 0 Å². The molecule has 0 aliphatic rings. The summed E-state index contributed by atoms with van der Waals surface area (Å²) in [7, 11) is 0. The van der Waals surface area contributed by atoms with Gasteiger partial charge in [0, 0.05) is 0 Å². The van der Waals surface area contributed by atoms with Crippen molar-refractivity contribution < 1.29 is 36.6 Å². The summed E-state index contributed by atoms with van der Waals surface area (Å²) in [6.07, 6.45) is -3.18. The minimum Gasteiger partial charge on any atom is -0.392 e. The molecular formula is C34H28F6O2. The van der Waals surface area contributed by atoms with Crippen LogP contribution in [-0.4, -0.2) is 10.2 Å². The molecule has 0 saturated heterocycles. The average Bonchev–Trinajstić information content (AvgIpc) is 2.95. The van der Waals surface area contributed by atoms with Gasteiger partial charge in [-0.3, -0.25) is 0 Å². The van der Waals surface area contributed by atoms with Crippen molar-refractivity contribution in [1.29, 1.82) is 0 Å². The summed E-state index contributed by atoms with van der Waals surface area (Å²) in [5.41, 5.74) is 3.61. The second-order valence-electron chi connectivity index (χ2n) is 9.86.